The van der Waals surface area contributed by atoms with Gasteiger partial charge in [-0.1, -0.05) is 12.1 Å². The largest absolute Gasteiger partial charge is 0.383 e. The summed E-state index contributed by atoms with van der Waals surface area (Å²) in [5.41, 5.74) is 0.389. The Morgan fingerprint density at radius 1 is 1.12 bits per heavy atom. The van der Waals surface area contributed by atoms with E-state index < -0.39 is 17.7 Å². The minimum atomic E-state index is -1.27. The average molecular weight is 236 g/mol. The zero-order valence-electron chi connectivity index (χ0n) is 9.06. The Morgan fingerprint density at radius 2 is 1.76 bits per heavy atom. The van der Waals surface area contributed by atoms with E-state index >= 15 is 0 Å². The predicted molar refractivity (Wildman–Crippen MR) is 57.2 cm³/mol. The van der Waals surface area contributed by atoms with Crippen LogP contribution in [0.1, 0.15) is 22.8 Å². The van der Waals surface area contributed by atoms with Crippen molar-refractivity contribution in [2.75, 3.05) is 0 Å². The molecule has 0 fully saturated rings. The number of benzene rings is 1. The third kappa shape index (κ3) is 2.14. The molecular weight excluding hydrogens is 226 g/mol. The number of nitrogens with zero attached hydrogens (tertiary/aromatic N) is 2. The fraction of sp³-hybridized carbons (Fsp3) is 0.167. The van der Waals surface area contributed by atoms with Gasteiger partial charge in [0.1, 0.15) is 12.4 Å². The van der Waals surface area contributed by atoms with Crippen molar-refractivity contribution in [3.05, 3.63) is 59.2 Å². The monoisotopic (exact) mass is 236 g/mol. The zero-order valence-corrected chi connectivity index (χ0v) is 9.06. The highest BCUT2D eigenvalue weighted by atomic mass is 19.2. The van der Waals surface area contributed by atoms with Crippen LogP contribution in [-0.2, 0) is 0 Å². The van der Waals surface area contributed by atoms with Gasteiger partial charge < -0.3 is 5.11 Å². The number of hydrogen-bond acceptors (Lipinski definition) is 3. The number of hydrogen-bond donors (Lipinski definition) is 1. The summed E-state index contributed by atoms with van der Waals surface area (Å²) in [6, 6.07) is 2.77. The predicted octanol–water partition coefficient (Wildman–Crippen LogP) is 2.14. The molecule has 1 heterocycles. The average Bonchev–Trinajstić information content (AvgIpc) is 2.36. The van der Waals surface area contributed by atoms with Crippen LogP contribution < -0.4 is 0 Å². The molecule has 3 nitrogen and oxygen atoms in total. The summed E-state index contributed by atoms with van der Waals surface area (Å²) in [5.74, 6) is -1.99. The van der Waals surface area contributed by atoms with E-state index in [2.05, 4.69) is 9.97 Å². The Kier molecular flexibility index (Phi) is 3.10. The van der Waals surface area contributed by atoms with Gasteiger partial charge in [0, 0.05) is 23.5 Å². The smallest absolute Gasteiger partial charge is 0.165 e. The molecule has 1 N–H and O–H groups in total. The Balaban J connectivity index is 2.45. The van der Waals surface area contributed by atoms with Crippen LogP contribution in [0.25, 0.3) is 0 Å². The molecule has 1 aromatic heterocycles. The summed E-state index contributed by atoms with van der Waals surface area (Å²) in [6.07, 6.45) is 2.73. The summed E-state index contributed by atoms with van der Waals surface area (Å²) in [4.78, 5) is 7.43. The fourth-order valence-electron chi connectivity index (χ4n) is 1.50. The van der Waals surface area contributed by atoms with Gasteiger partial charge in [0.25, 0.3) is 0 Å². The maximum absolute atomic E-state index is 13.6. The molecule has 1 aromatic carbocycles. The highest BCUT2D eigenvalue weighted by Gasteiger charge is 2.19. The molecule has 1 atom stereocenters. The van der Waals surface area contributed by atoms with E-state index in [-0.39, 0.29) is 11.1 Å². The minimum Gasteiger partial charge on any atom is -0.383 e. The van der Waals surface area contributed by atoms with Gasteiger partial charge in [-0.25, -0.2) is 18.7 Å². The van der Waals surface area contributed by atoms with E-state index in [1.165, 1.54) is 37.8 Å². The van der Waals surface area contributed by atoms with Gasteiger partial charge in [-0.05, 0) is 12.5 Å². The number of aromatic nitrogens is 2. The topological polar surface area (TPSA) is 46.0 Å². The van der Waals surface area contributed by atoms with Crippen molar-refractivity contribution in [3.63, 3.8) is 0 Å². The summed E-state index contributed by atoms with van der Waals surface area (Å²) >= 11 is 0. The molecule has 0 aliphatic carbocycles. The number of rotatable bonds is 2. The molecule has 1 unspecified atom stereocenters. The van der Waals surface area contributed by atoms with Crippen molar-refractivity contribution in [3.8, 4) is 0 Å². The van der Waals surface area contributed by atoms with E-state index in [0.717, 1.165) is 0 Å². The number of aliphatic hydroxyl groups is 1. The highest BCUT2D eigenvalue weighted by Crippen LogP contribution is 2.25. The summed E-state index contributed by atoms with van der Waals surface area (Å²) in [6.45, 7) is 1.46. The zero-order chi connectivity index (χ0) is 12.4. The van der Waals surface area contributed by atoms with Crippen molar-refractivity contribution in [2.45, 2.75) is 13.0 Å². The van der Waals surface area contributed by atoms with Crippen molar-refractivity contribution >= 4 is 0 Å². The highest BCUT2D eigenvalue weighted by molar-refractivity contribution is 5.31. The summed E-state index contributed by atoms with van der Waals surface area (Å²) in [7, 11) is 0. The van der Waals surface area contributed by atoms with E-state index in [1.54, 1.807) is 0 Å². The minimum absolute atomic E-state index is 0.122. The summed E-state index contributed by atoms with van der Waals surface area (Å²) < 4.78 is 27.0. The fourth-order valence-corrected chi connectivity index (χ4v) is 1.50. The van der Waals surface area contributed by atoms with Crippen LogP contribution in [0.4, 0.5) is 8.78 Å². The van der Waals surface area contributed by atoms with Crippen LogP contribution in [0.5, 0.6) is 0 Å². The molecule has 88 valence electrons. The maximum atomic E-state index is 13.6. The Labute approximate surface area is 96.8 Å². The molecule has 17 heavy (non-hydrogen) atoms. The molecule has 2 aromatic rings. The SMILES string of the molecule is Cc1ccc(C(O)c2cncnc2)c(F)c1F. The van der Waals surface area contributed by atoms with E-state index in [1.807, 2.05) is 0 Å². The molecule has 0 aliphatic rings. The number of aryl methyl sites for hydroxylation is 1. The first-order chi connectivity index (χ1) is 8.11. The third-order valence-corrected chi connectivity index (χ3v) is 2.50. The molecule has 0 spiro atoms. The molecular formula is C12H10F2N2O. The lowest BCUT2D eigenvalue weighted by Crippen LogP contribution is -2.06. The molecule has 0 saturated heterocycles. The van der Waals surface area contributed by atoms with E-state index in [9.17, 15) is 13.9 Å². The standard InChI is InChI=1S/C12H10F2N2O/c1-7-2-3-9(11(14)10(7)13)12(17)8-4-15-6-16-5-8/h2-6,12,17H,1H3. The van der Waals surface area contributed by atoms with Crippen LogP contribution in [0.2, 0.25) is 0 Å². The number of halogens is 2. The van der Waals surface area contributed by atoms with Crippen LogP contribution in [-0.4, -0.2) is 15.1 Å². The normalized spacial score (nSPS) is 12.5. The van der Waals surface area contributed by atoms with E-state index in [0.29, 0.717) is 5.56 Å². The first-order valence-corrected chi connectivity index (χ1v) is 4.98. The van der Waals surface area contributed by atoms with Crippen LogP contribution in [0, 0.1) is 18.6 Å². The molecule has 2 rings (SSSR count). The summed E-state index contributed by atoms with van der Waals surface area (Å²) in [5, 5.41) is 9.90. The van der Waals surface area contributed by atoms with Gasteiger partial charge in [-0.3, -0.25) is 0 Å². The Morgan fingerprint density at radius 3 is 2.41 bits per heavy atom. The van der Waals surface area contributed by atoms with Crippen molar-refractivity contribution in [2.24, 2.45) is 0 Å². The number of aliphatic hydroxyl groups excluding tert-OH is 1. The Bertz CT molecular complexity index is 532. The second kappa shape index (κ2) is 4.55. The quantitative estimate of drug-likeness (QED) is 0.868. The van der Waals surface area contributed by atoms with Crippen molar-refractivity contribution in [1.82, 2.24) is 9.97 Å². The van der Waals surface area contributed by atoms with Gasteiger partial charge in [0.15, 0.2) is 11.6 Å². The van der Waals surface area contributed by atoms with Gasteiger partial charge >= 0.3 is 0 Å². The molecule has 0 amide bonds. The van der Waals surface area contributed by atoms with Crippen molar-refractivity contribution in [1.29, 1.82) is 0 Å². The second-order valence-electron chi connectivity index (χ2n) is 3.67. The van der Waals surface area contributed by atoms with E-state index in [4.69, 9.17) is 0 Å². The maximum Gasteiger partial charge on any atom is 0.165 e. The van der Waals surface area contributed by atoms with Crippen molar-refractivity contribution < 1.29 is 13.9 Å². The van der Waals surface area contributed by atoms with Gasteiger partial charge in [0.2, 0.25) is 0 Å². The van der Waals surface area contributed by atoms with Gasteiger partial charge in [-0.15, -0.1) is 0 Å². The van der Waals surface area contributed by atoms with Gasteiger partial charge in [0.05, 0.1) is 0 Å². The molecule has 0 aliphatic heterocycles. The lowest BCUT2D eigenvalue weighted by atomic mass is 10.0. The van der Waals surface area contributed by atoms with Crippen LogP contribution in [0.15, 0.2) is 30.9 Å². The van der Waals surface area contributed by atoms with Gasteiger partial charge in [-0.2, -0.15) is 0 Å². The van der Waals surface area contributed by atoms with Crippen LogP contribution >= 0.6 is 0 Å². The first kappa shape index (κ1) is 11.6. The molecule has 0 radical (unpaired) electrons. The lowest BCUT2D eigenvalue weighted by molar-refractivity contribution is 0.212. The molecule has 5 heteroatoms. The molecule has 0 bridgehead atoms. The third-order valence-electron chi connectivity index (χ3n) is 2.50. The van der Waals surface area contributed by atoms with Crippen LogP contribution in [0.3, 0.4) is 0 Å². The molecule has 0 saturated carbocycles. The Hall–Kier alpha value is -1.88. The first-order valence-electron chi connectivity index (χ1n) is 4.98. The second-order valence-corrected chi connectivity index (χ2v) is 3.67. The lowest BCUT2D eigenvalue weighted by Gasteiger charge is -2.12.